The number of hydrogen-bond acceptors (Lipinski definition) is 5. The van der Waals surface area contributed by atoms with E-state index in [-0.39, 0.29) is 0 Å². The number of halogens is 2. The number of benzene rings is 2. The van der Waals surface area contributed by atoms with Crippen molar-refractivity contribution in [3.05, 3.63) is 57.0 Å². The van der Waals surface area contributed by atoms with Gasteiger partial charge in [0.25, 0.3) is 0 Å². The quantitative estimate of drug-likeness (QED) is 0.406. The van der Waals surface area contributed by atoms with Gasteiger partial charge in [-0.2, -0.15) is 11.8 Å². The lowest BCUT2D eigenvalue weighted by molar-refractivity contribution is -0.139. The Morgan fingerprint density at radius 1 is 1.28 bits per heavy atom. The number of nitrogens with one attached hydrogen (secondary N) is 1. The molecule has 2 N–H and O–H groups in total. The van der Waals surface area contributed by atoms with Crippen molar-refractivity contribution in [3.63, 3.8) is 0 Å². The van der Waals surface area contributed by atoms with Crippen LogP contribution in [-0.2, 0) is 17.9 Å². The average Bonchev–Trinajstić information content (AvgIpc) is 2.67. The standard InChI is InChI=1S/C21H25BrClNO4S/c1-3-27-19-11-15(12-24-18(21(25)26)7-8-29-2)10-17(22)20(19)28-13-14-5-4-6-16(23)9-14/h4-6,9-11,18,24H,3,7-8,12-13H2,1-2H3,(H,25,26). The highest BCUT2D eigenvalue weighted by Gasteiger charge is 2.18. The van der Waals surface area contributed by atoms with E-state index < -0.39 is 12.0 Å². The van der Waals surface area contributed by atoms with E-state index in [1.165, 1.54) is 0 Å². The summed E-state index contributed by atoms with van der Waals surface area (Å²) in [5.74, 6) is 1.16. The molecule has 0 heterocycles. The number of hydrogen-bond donors (Lipinski definition) is 2. The predicted molar refractivity (Wildman–Crippen MR) is 122 cm³/mol. The molecule has 8 heteroatoms. The summed E-state index contributed by atoms with van der Waals surface area (Å²) in [6.07, 6.45) is 2.53. The van der Waals surface area contributed by atoms with E-state index in [2.05, 4.69) is 21.2 Å². The lowest BCUT2D eigenvalue weighted by atomic mass is 10.1. The van der Waals surface area contributed by atoms with Gasteiger partial charge in [-0.25, -0.2) is 0 Å². The zero-order chi connectivity index (χ0) is 21.2. The van der Waals surface area contributed by atoms with Gasteiger partial charge in [0.1, 0.15) is 12.6 Å². The summed E-state index contributed by atoms with van der Waals surface area (Å²) in [7, 11) is 0. The van der Waals surface area contributed by atoms with Crippen molar-refractivity contribution in [2.75, 3.05) is 18.6 Å². The van der Waals surface area contributed by atoms with Gasteiger partial charge in [0, 0.05) is 11.6 Å². The van der Waals surface area contributed by atoms with E-state index >= 15 is 0 Å². The Bertz CT molecular complexity index is 821. The van der Waals surface area contributed by atoms with Crippen molar-refractivity contribution in [2.45, 2.75) is 32.5 Å². The SMILES string of the molecule is CCOc1cc(CNC(CCSC)C(=O)O)cc(Br)c1OCc1cccc(Cl)c1. The van der Waals surface area contributed by atoms with Crippen molar-refractivity contribution in [3.8, 4) is 11.5 Å². The molecule has 1 unspecified atom stereocenters. The fourth-order valence-corrected chi connectivity index (χ4v) is 3.99. The van der Waals surface area contributed by atoms with E-state index in [4.69, 9.17) is 21.1 Å². The first-order valence-corrected chi connectivity index (χ1v) is 11.8. The number of carboxylic acid groups (broad SMARTS) is 1. The van der Waals surface area contributed by atoms with E-state index in [1.54, 1.807) is 11.8 Å². The third-order valence-corrected chi connectivity index (χ3v) is 5.57. The zero-order valence-electron chi connectivity index (χ0n) is 16.4. The van der Waals surface area contributed by atoms with Crippen molar-refractivity contribution in [1.29, 1.82) is 0 Å². The van der Waals surface area contributed by atoms with Crippen LogP contribution in [0, 0.1) is 0 Å². The highest BCUT2D eigenvalue weighted by molar-refractivity contribution is 9.10. The first kappa shape index (κ1) is 23.9. The van der Waals surface area contributed by atoms with Gasteiger partial charge in [-0.05, 0) is 76.7 Å². The summed E-state index contributed by atoms with van der Waals surface area (Å²) in [5, 5.41) is 13.1. The van der Waals surface area contributed by atoms with Crippen LogP contribution in [0.25, 0.3) is 0 Å². The lowest BCUT2D eigenvalue weighted by Crippen LogP contribution is -2.36. The molecule has 0 aromatic heterocycles. The molecular formula is C21H25BrClNO4S. The van der Waals surface area contributed by atoms with E-state index in [9.17, 15) is 9.90 Å². The minimum absolute atomic E-state index is 0.354. The normalized spacial score (nSPS) is 11.9. The molecule has 1 atom stereocenters. The van der Waals surface area contributed by atoms with Crippen LogP contribution in [0.5, 0.6) is 11.5 Å². The molecule has 0 fully saturated rings. The lowest BCUT2D eigenvalue weighted by Gasteiger charge is -2.17. The van der Waals surface area contributed by atoms with Crippen molar-refractivity contribution >= 4 is 45.3 Å². The molecule has 0 aliphatic carbocycles. The second-order valence-electron chi connectivity index (χ2n) is 6.31. The molecule has 158 valence electrons. The van der Waals surface area contributed by atoms with Gasteiger partial charge in [0.2, 0.25) is 0 Å². The first-order chi connectivity index (χ1) is 13.9. The first-order valence-electron chi connectivity index (χ1n) is 9.22. The maximum atomic E-state index is 11.4. The molecule has 29 heavy (non-hydrogen) atoms. The Hall–Kier alpha value is -1.41. The van der Waals surface area contributed by atoms with E-state index in [1.807, 2.05) is 49.6 Å². The average molecular weight is 503 g/mol. The Balaban J connectivity index is 2.12. The number of rotatable bonds is 12. The van der Waals surface area contributed by atoms with Crippen LogP contribution >= 0.6 is 39.3 Å². The Morgan fingerprint density at radius 3 is 2.72 bits per heavy atom. The largest absolute Gasteiger partial charge is 0.490 e. The summed E-state index contributed by atoms with van der Waals surface area (Å²) in [6.45, 7) is 3.16. The monoisotopic (exact) mass is 501 g/mol. The number of carboxylic acids is 1. The highest BCUT2D eigenvalue weighted by atomic mass is 79.9. The van der Waals surface area contributed by atoms with Crippen LogP contribution in [0.3, 0.4) is 0 Å². The fourth-order valence-electron chi connectivity index (χ4n) is 2.70. The molecule has 2 rings (SSSR count). The molecule has 2 aromatic carbocycles. The van der Waals surface area contributed by atoms with Gasteiger partial charge in [-0.1, -0.05) is 23.7 Å². The van der Waals surface area contributed by atoms with Gasteiger partial charge in [-0.3, -0.25) is 4.79 Å². The molecule has 0 bridgehead atoms. The van der Waals surface area contributed by atoms with Crippen LogP contribution < -0.4 is 14.8 Å². The van der Waals surface area contributed by atoms with Crippen molar-refractivity contribution < 1.29 is 19.4 Å². The zero-order valence-corrected chi connectivity index (χ0v) is 19.6. The molecule has 0 saturated carbocycles. The molecule has 2 aromatic rings. The molecule has 0 amide bonds. The fraction of sp³-hybridized carbons (Fsp3) is 0.381. The minimum atomic E-state index is -0.843. The molecule has 0 radical (unpaired) electrons. The van der Waals surface area contributed by atoms with Crippen molar-refractivity contribution in [2.24, 2.45) is 0 Å². The molecular weight excluding hydrogens is 478 g/mol. The molecule has 0 saturated heterocycles. The summed E-state index contributed by atoms with van der Waals surface area (Å²) in [5.41, 5.74) is 1.86. The Morgan fingerprint density at radius 2 is 2.07 bits per heavy atom. The predicted octanol–water partition coefficient (Wildman–Crippen LogP) is 5.38. The molecule has 0 aliphatic heterocycles. The van der Waals surface area contributed by atoms with E-state index in [0.29, 0.717) is 42.7 Å². The smallest absolute Gasteiger partial charge is 0.320 e. The molecule has 0 aliphatic rings. The number of carbonyl (C=O) groups is 1. The van der Waals surface area contributed by atoms with Crippen LogP contribution in [0.15, 0.2) is 40.9 Å². The van der Waals surface area contributed by atoms with Crippen molar-refractivity contribution in [1.82, 2.24) is 5.32 Å². The second kappa shape index (κ2) is 12.3. The van der Waals surface area contributed by atoms with Gasteiger partial charge < -0.3 is 19.9 Å². The van der Waals surface area contributed by atoms with Gasteiger partial charge in [0.15, 0.2) is 11.5 Å². The van der Waals surface area contributed by atoms with Crippen LogP contribution in [-0.4, -0.2) is 35.7 Å². The maximum absolute atomic E-state index is 11.4. The van der Waals surface area contributed by atoms with Gasteiger partial charge in [-0.15, -0.1) is 0 Å². The maximum Gasteiger partial charge on any atom is 0.320 e. The van der Waals surface area contributed by atoms with Crippen LogP contribution in [0.2, 0.25) is 5.02 Å². The van der Waals surface area contributed by atoms with Crippen LogP contribution in [0.1, 0.15) is 24.5 Å². The van der Waals surface area contributed by atoms with Crippen LogP contribution in [0.4, 0.5) is 0 Å². The Kier molecular flexibility index (Phi) is 10.1. The number of aliphatic carboxylic acids is 1. The summed E-state index contributed by atoms with van der Waals surface area (Å²) in [6, 6.07) is 10.7. The topological polar surface area (TPSA) is 67.8 Å². The third-order valence-electron chi connectivity index (χ3n) is 4.10. The summed E-state index contributed by atoms with van der Waals surface area (Å²) < 4.78 is 12.5. The number of ether oxygens (including phenoxy) is 2. The third kappa shape index (κ3) is 7.74. The van der Waals surface area contributed by atoms with Gasteiger partial charge in [0.05, 0.1) is 11.1 Å². The van der Waals surface area contributed by atoms with Gasteiger partial charge >= 0.3 is 5.97 Å². The Labute approximate surface area is 189 Å². The summed E-state index contributed by atoms with van der Waals surface area (Å²) >= 11 is 11.2. The van der Waals surface area contributed by atoms with E-state index in [0.717, 1.165) is 21.4 Å². The number of thioether (sulfide) groups is 1. The summed E-state index contributed by atoms with van der Waals surface area (Å²) in [4.78, 5) is 11.4. The minimum Gasteiger partial charge on any atom is -0.490 e. The highest BCUT2D eigenvalue weighted by Crippen LogP contribution is 2.37. The second-order valence-corrected chi connectivity index (χ2v) is 8.59. The molecule has 0 spiro atoms. The molecule has 5 nitrogen and oxygen atoms in total.